The molecule has 0 saturated carbocycles. The number of nitrogens with zero attached hydrogens (tertiary/aromatic N) is 8. The number of hydrogen-bond acceptors (Lipinski definition) is 5. The van der Waals surface area contributed by atoms with E-state index in [1.807, 2.05) is 0 Å². The van der Waals surface area contributed by atoms with Crippen LogP contribution in [0.1, 0.15) is 34.2 Å². The molecule has 44 heavy (non-hydrogen) atoms. The molecular weight excluding hydrogens is 775 g/mol. The van der Waals surface area contributed by atoms with E-state index >= 15 is 0 Å². The second-order valence-electron chi connectivity index (χ2n) is 8.39. The SMILES string of the molecule is Cc1cc(C(F)(F)F)n(-n2nc(C(Cl)(Cl)Cl)c(-n3nc(OCn4nc(Cl)cc4C(F)(F)F)cc3C(F)(F)F)c2C(Cl)(Cl)Cl)n1. The molecule has 0 fully saturated rings. The van der Waals surface area contributed by atoms with E-state index < -0.39 is 78.0 Å². The van der Waals surface area contributed by atoms with Crippen molar-refractivity contribution in [2.75, 3.05) is 0 Å². The smallest absolute Gasteiger partial charge is 0.435 e. The van der Waals surface area contributed by atoms with Crippen LogP contribution in [0.25, 0.3) is 5.69 Å². The largest absolute Gasteiger partial charge is 0.453 e. The van der Waals surface area contributed by atoms with Crippen LogP contribution in [-0.4, -0.2) is 39.3 Å². The standard InChI is InChI=1S/C19H8Cl7F9N8O/c1-6-2-9(19(33,34)35)42(36-6)43-14(16(24,25)26)12(13(39-43)15(21,22)23)41-8(18(30,31)32)4-11(38-41)44-5-40-7(17(27,28)29)3-10(20)37-40/h2-4H,5H2,1H3. The summed E-state index contributed by atoms with van der Waals surface area (Å²) in [6.45, 7) is -0.0395. The average Bonchev–Trinajstić information content (AvgIpc) is 3.57. The highest BCUT2D eigenvalue weighted by molar-refractivity contribution is 6.68. The van der Waals surface area contributed by atoms with Gasteiger partial charge in [-0.15, -0.1) is 19.8 Å². The number of rotatable bonds is 5. The molecule has 0 aliphatic carbocycles. The van der Waals surface area contributed by atoms with Crippen molar-refractivity contribution in [3.05, 3.63) is 57.5 Å². The fraction of sp³-hybridized carbons (Fsp3) is 0.368. The van der Waals surface area contributed by atoms with Gasteiger partial charge in [0.25, 0.3) is 0 Å². The molecule has 0 saturated heterocycles. The van der Waals surface area contributed by atoms with E-state index in [1.165, 1.54) is 0 Å². The minimum Gasteiger partial charge on any atom is -0.453 e. The molecule has 9 nitrogen and oxygen atoms in total. The Bertz CT molecular complexity index is 1690. The minimum absolute atomic E-state index is 0.0320. The molecule has 242 valence electrons. The molecule has 0 bridgehead atoms. The molecule has 4 rings (SSSR count). The molecule has 0 aliphatic rings. The highest BCUT2D eigenvalue weighted by Crippen LogP contribution is 2.49. The Kier molecular flexibility index (Phi) is 9.03. The van der Waals surface area contributed by atoms with E-state index in [0.717, 1.165) is 6.92 Å². The summed E-state index contributed by atoms with van der Waals surface area (Å²) in [6, 6.07) is 1.15. The van der Waals surface area contributed by atoms with Gasteiger partial charge in [-0.25, -0.2) is 9.36 Å². The van der Waals surface area contributed by atoms with E-state index in [4.69, 9.17) is 85.9 Å². The molecule has 0 aromatic carbocycles. The summed E-state index contributed by atoms with van der Waals surface area (Å²) in [4.78, 5) is 0.170. The third-order valence-electron chi connectivity index (χ3n) is 5.23. The number of aryl methyl sites for hydroxylation is 1. The Morgan fingerprint density at radius 1 is 0.682 bits per heavy atom. The van der Waals surface area contributed by atoms with Crippen molar-refractivity contribution in [3.63, 3.8) is 0 Å². The molecule has 25 heteroatoms. The molecule has 0 radical (unpaired) electrons. The van der Waals surface area contributed by atoms with Gasteiger partial charge in [-0.3, -0.25) is 0 Å². The molecule has 0 spiro atoms. The third kappa shape index (κ3) is 7.05. The van der Waals surface area contributed by atoms with Gasteiger partial charge in [0.15, 0.2) is 23.3 Å². The van der Waals surface area contributed by atoms with Crippen LogP contribution < -0.4 is 4.74 Å². The Morgan fingerprint density at radius 2 is 1.25 bits per heavy atom. The van der Waals surface area contributed by atoms with Crippen LogP contribution in [0, 0.1) is 6.92 Å². The Morgan fingerprint density at radius 3 is 1.75 bits per heavy atom. The molecule has 0 N–H and O–H groups in total. The number of hydrogen-bond donors (Lipinski definition) is 0. The maximum atomic E-state index is 14.3. The van der Waals surface area contributed by atoms with Gasteiger partial charge in [0, 0.05) is 12.1 Å². The normalized spacial score (nSPS) is 13.7. The topological polar surface area (TPSA) is 80.5 Å². The van der Waals surface area contributed by atoms with Crippen molar-refractivity contribution < 1.29 is 44.3 Å². The van der Waals surface area contributed by atoms with Crippen molar-refractivity contribution in [2.45, 2.75) is 39.8 Å². The van der Waals surface area contributed by atoms with Crippen LogP contribution in [0.4, 0.5) is 39.5 Å². The number of ether oxygens (including phenoxy) is 1. The summed E-state index contributed by atoms with van der Waals surface area (Å²) in [5.41, 5.74) is -8.23. The molecule has 0 unspecified atom stereocenters. The summed E-state index contributed by atoms with van der Waals surface area (Å²) >= 11 is 41.4. The van der Waals surface area contributed by atoms with Gasteiger partial charge in [-0.2, -0.15) is 49.7 Å². The second-order valence-corrected chi connectivity index (χ2v) is 13.3. The lowest BCUT2D eigenvalue weighted by Gasteiger charge is -2.19. The van der Waals surface area contributed by atoms with E-state index in [0.29, 0.717) is 12.1 Å². The average molecular weight is 783 g/mol. The number of halogens is 16. The zero-order valence-corrected chi connectivity index (χ0v) is 25.8. The Labute approximate surface area is 272 Å². The second kappa shape index (κ2) is 11.4. The van der Waals surface area contributed by atoms with Crippen molar-refractivity contribution in [1.29, 1.82) is 0 Å². The Balaban J connectivity index is 1.99. The van der Waals surface area contributed by atoms with E-state index in [1.54, 1.807) is 0 Å². The molecule has 4 heterocycles. The summed E-state index contributed by atoms with van der Waals surface area (Å²) < 4.78 is 123. The van der Waals surface area contributed by atoms with Gasteiger partial charge in [-0.05, 0) is 13.0 Å². The van der Waals surface area contributed by atoms with Crippen LogP contribution in [0.5, 0.6) is 5.88 Å². The summed E-state index contributed by atoms with van der Waals surface area (Å²) in [5, 5.41) is 13.6. The highest BCUT2D eigenvalue weighted by Gasteiger charge is 2.47. The van der Waals surface area contributed by atoms with Gasteiger partial charge >= 0.3 is 18.5 Å². The lowest BCUT2D eigenvalue weighted by molar-refractivity contribution is -0.146. The molecule has 4 aromatic rings. The van der Waals surface area contributed by atoms with Gasteiger partial charge in [-0.1, -0.05) is 81.2 Å². The monoisotopic (exact) mass is 780 g/mol. The predicted molar refractivity (Wildman–Crippen MR) is 138 cm³/mol. The lowest BCUT2D eigenvalue weighted by Crippen LogP contribution is -2.26. The van der Waals surface area contributed by atoms with Gasteiger partial charge in [0.2, 0.25) is 13.5 Å². The highest BCUT2D eigenvalue weighted by atomic mass is 35.6. The summed E-state index contributed by atoms with van der Waals surface area (Å²) in [5.74, 6) is -1.01. The third-order valence-corrected chi connectivity index (χ3v) is 6.49. The van der Waals surface area contributed by atoms with E-state index in [2.05, 4.69) is 20.4 Å². The first-order valence-corrected chi connectivity index (χ1v) is 13.5. The summed E-state index contributed by atoms with van der Waals surface area (Å²) in [6.07, 6.45) is -15.5. The molecular formula is C19H8Cl7F9N8O. The first-order chi connectivity index (χ1) is 19.8. The fourth-order valence-corrected chi connectivity index (χ4v) is 4.72. The number of aromatic nitrogens is 8. The van der Waals surface area contributed by atoms with Crippen LogP contribution in [0.3, 0.4) is 0 Å². The predicted octanol–water partition coefficient (Wildman–Crippen LogP) is 8.48. The van der Waals surface area contributed by atoms with Gasteiger partial charge in [0.1, 0.15) is 22.8 Å². The Hall–Kier alpha value is -1.96. The lowest BCUT2D eigenvalue weighted by atomic mass is 10.3. The zero-order valence-electron chi connectivity index (χ0n) is 20.5. The van der Waals surface area contributed by atoms with Crippen molar-refractivity contribution in [2.24, 2.45) is 0 Å². The van der Waals surface area contributed by atoms with Crippen LogP contribution >= 0.6 is 81.2 Å². The van der Waals surface area contributed by atoms with Crippen molar-refractivity contribution >= 4 is 81.2 Å². The molecule has 0 atom stereocenters. The van der Waals surface area contributed by atoms with Crippen LogP contribution in [0.15, 0.2) is 18.2 Å². The molecule has 0 aliphatic heterocycles. The van der Waals surface area contributed by atoms with E-state index in [9.17, 15) is 39.5 Å². The van der Waals surface area contributed by atoms with Crippen LogP contribution in [0.2, 0.25) is 5.15 Å². The maximum absolute atomic E-state index is 14.3. The first kappa shape index (κ1) is 34.9. The summed E-state index contributed by atoms with van der Waals surface area (Å²) in [7, 11) is 0. The molecule has 0 amide bonds. The van der Waals surface area contributed by atoms with Gasteiger partial charge < -0.3 is 4.74 Å². The number of alkyl halides is 15. The van der Waals surface area contributed by atoms with Crippen molar-refractivity contribution in [1.82, 2.24) is 39.3 Å². The maximum Gasteiger partial charge on any atom is 0.435 e. The van der Waals surface area contributed by atoms with E-state index in [-0.39, 0.29) is 30.7 Å². The first-order valence-electron chi connectivity index (χ1n) is 10.8. The minimum atomic E-state index is -5.36. The quantitative estimate of drug-likeness (QED) is 0.150. The molecule has 4 aromatic heterocycles. The fourth-order valence-electron chi connectivity index (χ4n) is 3.64. The van der Waals surface area contributed by atoms with Crippen molar-refractivity contribution in [3.8, 4) is 11.6 Å². The zero-order chi connectivity index (χ0) is 33.4. The van der Waals surface area contributed by atoms with Crippen LogP contribution in [-0.2, 0) is 32.8 Å². The van der Waals surface area contributed by atoms with Gasteiger partial charge in [0.05, 0.1) is 5.69 Å².